The summed E-state index contributed by atoms with van der Waals surface area (Å²) < 4.78 is 24.4. The highest BCUT2D eigenvalue weighted by molar-refractivity contribution is 5.84. The van der Waals surface area contributed by atoms with Gasteiger partial charge in [-0.05, 0) is 26.3 Å². The van der Waals surface area contributed by atoms with Crippen LogP contribution in [0.15, 0.2) is 16.3 Å². The second-order valence-corrected chi connectivity index (χ2v) is 4.80. The minimum absolute atomic E-state index is 0.126. The van der Waals surface area contributed by atoms with Crippen molar-refractivity contribution in [3.05, 3.63) is 11.3 Å². The number of hydrogen-bond acceptors (Lipinski definition) is 3. The molecule has 1 N–H and O–H groups in total. The van der Waals surface area contributed by atoms with Crippen molar-refractivity contribution in [2.24, 2.45) is 4.99 Å². The number of hydrogen-bond donors (Lipinski definition) is 1. The van der Waals surface area contributed by atoms with Crippen LogP contribution in [0.3, 0.4) is 0 Å². The molecule has 1 saturated heterocycles. The second-order valence-electron chi connectivity index (χ2n) is 4.80. The van der Waals surface area contributed by atoms with Gasteiger partial charge in [-0.15, -0.1) is 0 Å². The highest BCUT2D eigenvalue weighted by Gasteiger charge is 2.34. The smallest absolute Gasteiger partial charge is 0.315 e. The van der Waals surface area contributed by atoms with Crippen molar-refractivity contribution in [2.75, 3.05) is 6.54 Å². The van der Waals surface area contributed by atoms with Crippen molar-refractivity contribution >= 4 is 11.7 Å². The third-order valence-corrected chi connectivity index (χ3v) is 3.57. The van der Waals surface area contributed by atoms with Crippen molar-refractivity contribution in [1.82, 2.24) is 10.2 Å². The average molecular weight is 257 g/mol. The van der Waals surface area contributed by atoms with E-state index >= 15 is 0 Å². The molecule has 2 heterocycles. The van der Waals surface area contributed by atoms with Gasteiger partial charge in [0.15, 0.2) is 0 Å². The molecule has 0 aromatic rings. The maximum atomic E-state index is 12.2. The summed E-state index contributed by atoms with van der Waals surface area (Å²) in [6, 6.07) is -0.132. The van der Waals surface area contributed by atoms with Gasteiger partial charge in [0.1, 0.15) is 5.84 Å². The quantitative estimate of drug-likeness (QED) is 0.815. The first kappa shape index (κ1) is 13.0. The van der Waals surface area contributed by atoms with Gasteiger partial charge in [-0.2, -0.15) is 8.78 Å². The van der Waals surface area contributed by atoms with E-state index < -0.39 is 12.3 Å². The number of alkyl halides is 2. The van der Waals surface area contributed by atoms with Crippen molar-refractivity contribution in [2.45, 2.75) is 45.7 Å². The van der Waals surface area contributed by atoms with Gasteiger partial charge in [0, 0.05) is 18.7 Å². The van der Waals surface area contributed by atoms with Gasteiger partial charge < -0.3 is 10.2 Å². The maximum Gasteiger partial charge on any atom is 0.315 e. The van der Waals surface area contributed by atoms with E-state index in [0.717, 1.165) is 17.1 Å². The van der Waals surface area contributed by atoms with Gasteiger partial charge in [0.2, 0.25) is 0 Å². The molecule has 0 bridgehead atoms. The Morgan fingerprint density at radius 3 is 2.78 bits per heavy atom. The van der Waals surface area contributed by atoms with Crippen LogP contribution in [0.4, 0.5) is 8.78 Å². The number of amides is 1. The first-order valence-electron chi connectivity index (χ1n) is 6.00. The zero-order valence-corrected chi connectivity index (χ0v) is 10.7. The minimum Gasteiger partial charge on any atom is -0.346 e. The van der Waals surface area contributed by atoms with Crippen LogP contribution in [-0.4, -0.2) is 41.7 Å². The van der Waals surface area contributed by atoms with Crippen molar-refractivity contribution < 1.29 is 13.6 Å². The fraction of sp³-hybridized carbons (Fsp3) is 0.667. The molecule has 2 aliphatic rings. The molecule has 4 nitrogen and oxygen atoms in total. The van der Waals surface area contributed by atoms with Crippen molar-refractivity contribution in [3.8, 4) is 0 Å². The number of carbonyl (C=O) groups excluding carboxylic acids is 1. The molecule has 0 aliphatic carbocycles. The third-order valence-electron chi connectivity index (χ3n) is 3.57. The van der Waals surface area contributed by atoms with E-state index in [1.54, 1.807) is 0 Å². The fourth-order valence-electron chi connectivity index (χ4n) is 2.49. The zero-order chi connectivity index (χ0) is 13.4. The summed E-state index contributed by atoms with van der Waals surface area (Å²) in [6.45, 7) is 6.43. The van der Waals surface area contributed by atoms with Gasteiger partial charge in [-0.3, -0.25) is 9.79 Å². The predicted molar refractivity (Wildman–Crippen MR) is 64.5 cm³/mol. The molecule has 18 heavy (non-hydrogen) atoms. The molecule has 1 amide bonds. The summed E-state index contributed by atoms with van der Waals surface area (Å²) in [5.41, 5.74) is 2.25. The molecule has 0 unspecified atom stereocenters. The van der Waals surface area contributed by atoms with Gasteiger partial charge in [0.05, 0.1) is 12.1 Å². The van der Waals surface area contributed by atoms with Crippen LogP contribution in [-0.2, 0) is 4.79 Å². The molecule has 0 saturated carbocycles. The van der Waals surface area contributed by atoms with Crippen LogP contribution in [0, 0.1) is 0 Å². The summed E-state index contributed by atoms with van der Waals surface area (Å²) in [7, 11) is 0. The lowest BCUT2D eigenvalue weighted by atomic mass is 10.0. The molecule has 1 fully saturated rings. The fourth-order valence-corrected chi connectivity index (χ4v) is 2.49. The van der Waals surface area contributed by atoms with Gasteiger partial charge in [-0.1, -0.05) is 0 Å². The Kier molecular flexibility index (Phi) is 3.36. The summed E-state index contributed by atoms with van der Waals surface area (Å²) >= 11 is 0. The Morgan fingerprint density at radius 1 is 1.50 bits per heavy atom. The first-order chi connectivity index (χ1) is 8.40. The molecule has 6 heteroatoms. The summed E-state index contributed by atoms with van der Waals surface area (Å²) in [5.74, 6) is -0.308. The number of amidine groups is 1. The van der Waals surface area contributed by atoms with Gasteiger partial charge >= 0.3 is 6.43 Å². The maximum absolute atomic E-state index is 12.2. The SMILES string of the molecule is CC1=N[C@@H](C)C(C)=C2C[C@H](NC(=O)C(F)F)CN12. The third kappa shape index (κ3) is 2.23. The second kappa shape index (κ2) is 4.66. The minimum atomic E-state index is -2.95. The van der Waals surface area contributed by atoms with E-state index in [2.05, 4.69) is 10.3 Å². The summed E-state index contributed by atoms with van der Waals surface area (Å²) in [6.07, 6.45) is -2.35. The monoisotopic (exact) mass is 257 g/mol. The van der Waals surface area contributed by atoms with E-state index in [4.69, 9.17) is 0 Å². The molecule has 2 aliphatic heterocycles. The molecular formula is C12H17F2N3O. The van der Waals surface area contributed by atoms with Gasteiger partial charge in [0.25, 0.3) is 5.91 Å². The molecule has 0 radical (unpaired) electrons. The number of halogens is 2. The van der Waals surface area contributed by atoms with Gasteiger partial charge in [-0.25, -0.2) is 0 Å². The molecular weight excluding hydrogens is 240 g/mol. The van der Waals surface area contributed by atoms with E-state index in [0.29, 0.717) is 13.0 Å². The Balaban J connectivity index is 2.11. The topological polar surface area (TPSA) is 44.7 Å². The number of aliphatic imine (C=N–C) groups is 1. The van der Waals surface area contributed by atoms with Crippen LogP contribution in [0.1, 0.15) is 27.2 Å². The Bertz CT molecular complexity index is 431. The molecule has 0 spiro atoms. The average Bonchev–Trinajstić information content (AvgIpc) is 2.70. The molecule has 0 aromatic heterocycles. The lowest BCUT2D eigenvalue weighted by molar-refractivity contribution is -0.132. The van der Waals surface area contributed by atoms with E-state index in [9.17, 15) is 13.6 Å². The summed E-state index contributed by atoms with van der Waals surface area (Å²) in [4.78, 5) is 17.5. The predicted octanol–water partition coefficient (Wildman–Crippen LogP) is 1.54. The number of fused-ring (bicyclic) bond motifs is 1. The molecule has 0 aromatic carbocycles. The first-order valence-corrected chi connectivity index (χ1v) is 6.00. The lowest BCUT2D eigenvalue weighted by Crippen LogP contribution is -2.41. The molecule has 2 rings (SSSR count). The normalized spacial score (nSPS) is 27.4. The number of nitrogens with zero attached hydrogens (tertiary/aromatic N) is 2. The van der Waals surface area contributed by atoms with Crippen LogP contribution in [0.5, 0.6) is 0 Å². The Morgan fingerprint density at radius 2 is 2.17 bits per heavy atom. The number of carbonyl (C=O) groups is 1. The van der Waals surface area contributed by atoms with E-state index in [1.807, 2.05) is 25.7 Å². The number of rotatable bonds is 2. The molecule has 100 valence electrons. The van der Waals surface area contributed by atoms with E-state index in [1.165, 1.54) is 0 Å². The lowest BCUT2D eigenvalue weighted by Gasteiger charge is -2.28. The Labute approximate surface area is 105 Å². The Hall–Kier alpha value is -1.46. The largest absolute Gasteiger partial charge is 0.346 e. The zero-order valence-electron chi connectivity index (χ0n) is 10.7. The highest BCUT2D eigenvalue weighted by atomic mass is 19.3. The van der Waals surface area contributed by atoms with Crippen LogP contribution < -0.4 is 5.32 Å². The highest BCUT2D eigenvalue weighted by Crippen LogP contribution is 2.31. The standard InChI is InChI=1S/C12H17F2N3O/c1-6-7(2)15-8(3)17-5-9(4-10(6)17)16-12(18)11(13)14/h7,9,11H,4-5H2,1-3H3,(H,16,18)/t7-,9-/m0/s1. The van der Waals surface area contributed by atoms with E-state index in [-0.39, 0.29) is 12.1 Å². The van der Waals surface area contributed by atoms with Crippen LogP contribution in [0.25, 0.3) is 0 Å². The van der Waals surface area contributed by atoms with Crippen LogP contribution >= 0.6 is 0 Å². The number of nitrogens with one attached hydrogen (secondary N) is 1. The molecule has 2 atom stereocenters. The van der Waals surface area contributed by atoms with Crippen molar-refractivity contribution in [1.29, 1.82) is 0 Å². The van der Waals surface area contributed by atoms with Crippen LogP contribution in [0.2, 0.25) is 0 Å². The van der Waals surface area contributed by atoms with Crippen molar-refractivity contribution in [3.63, 3.8) is 0 Å². The summed E-state index contributed by atoms with van der Waals surface area (Å²) in [5, 5.41) is 2.37.